The van der Waals surface area contributed by atoms with E-state index in [1.807, 2.05) is 18.2 Å². The first kappa shape index (κ1) is 18.8. The molecule has 0 spiro atoms. The van der Waals surface area contributed by atoms with Gasteiger partial charge >= 0.3 is 5.97 Å². The molecule has 0 fully saturated rings. The summed E-state index contributed by atoms with van der Waals surface area (Å²) in [5, 5.41) is 19.6. The summed E-state index contributed by atoms with van der Waals surface area (Å²) >= 11 is 0. The molecule has 0 radical (unpaired) electrons. The summed E-state index contributed by atoms with van der Waals surface area (Å²) in [5.74, 6) is -0.0525. The third kappa shape index (κ3) is 3.73. The van der Waals surface area contributed by atoms with Crippen LogP contribution in [0.3, 0.4) is 0 Å². The van der Waals surface area contributed by atoms with Gasteiger partial charge in [-0.05, 0) is 30.3 Å². The van der Waals surface area contributed by atoms with E-state index < -0.39 is 18.3 Å². The first-order chi connectivity index (χ1) is 13.6. The first-order valence-corrected chi connectivity index (χ1v) is 8.24. The Morgan fingerprint density at radius 2 is 1.93 bits per heavy atom. The number of aliphatic hydroxyl groups is 1. The maximum absolute atomic E-state index is 12.2. The number of hydrogen-bond acceptors (Lipinski definition) is 7. The predicted octanol–water partition coefficient (Wildman–Crippen LogP) is 3.23. The molecule has 0 bridgehead atoms. The van der Waals surface area contributed by atoms with Crippen molar-refractivity contribution >= 4 is 22.6 Å². The lowest BCUT2D eigenvalue weighted by atomic mass is 10.2. The number of imidazole rings is 1. The second-order valence-electron chi connectivity index (χ2n) is 5.68. The van der Waals surface area contributed by atoms with Crippen LogP contribution in [0.15, 0.2) is 48.2 Å². The van der Waals surface area contributed by atoms with Gasteiger partial charge in [-0.25, -0.2) is 9.78 Å². The van der Waals surface area contributed by atoms with Crippen LogP contribution in [-0.2, 0) is 4.74 Å². The Morgan fingerprint density at radius 1 is 1.18 bits per heavy atom. The molecule has 0 atom stereocenters. The van der Waals surface area contributed by atoms with Gasteiger partial charge in [0.1, 0.15) is 18.2 Å². The lowest BCUT2D eigenvalue weighted by molar-refractivity contribution is 0.0502. The number of H-pyrrole nitrogens is 1. The van der Waals surface area contributed by atoms with Crippen molar-refractivity contribution in [2.24, 2.45) is 0 Å². The van der Waals surface area contributed by atoms with E-state index in [0.29, 0.717) is 17.0 Å². The Hall–Kier alpha value is -3.99. The number of nitriles is 1. The summed E-state index contributed by atoms with van der Waals surface area (Å²) in [4.78, 5) is 19.5. The molecule has 8 heteroatoms. The highest BCUT2D eigenvalue weighted by Crippen LogP contribution is 2.28. The van der Waals surface area contributed by atoms with Crippen molar-refractivity contribution in [3.05, 3.63) is 59.6 Å². The number of rotatable bonds is 6. The number of ether oxygens (including phenoxy) is 3. The zero-order valence-corrected chi connectivity index (χ0v) is 15.2. The second kappa shape index (κ2) is 8.14. The highest BCUT2D eigenvalue weighted by Gasteiger charge is 2.16. The molecule has 0 aliphatic carbocycles. The van der Waals surface area contributed by atoms with E-state index in [4.69, 9.17) is 14.2 Å². The number of carbonyl (C=O) groups excluding carboxylic acids is 1. The van der Waals surface area contributed by atoms with E-state index in [1.165, 1.54) is 26.4 Å². The number of hydrogen-bond donors (Lipinski definition) is 2. The first-order valence-electron chi connectivity index (χ1n) is 8.24. The van der Waals surface area contributed by atoms with Crippen LogP contribution < -0.4 is 9.47 Å². The van der Waals surface area contributed by atoms with Crippen molar-refractivity contribution in [2.75, 3.05) is 20.8 Å². The van der Waals surface area contributed by atoms with Gasteiger partial charge in [-0.15, -0.1) is 0 Å². The van der Waals surface area contributed by atoms with Crippen molar-refractivity contribution in [2.45, 2.75) is 0 Å². The third-order valence-electron chi connectivity index (χ3n) is 3.99. The fraction of sp³-hybridized carbons (Fsp3) is 0.150. The molecule has 2 N–H and O–H groups in total. The van der Waals surface area contributed by atoms with E-state index in [1.54, 1.807) is 18.2 Å². The number of benzene rings is 2. The Morgan fingerprint density at radius 3 is 2.61 bits per heavy atom. The number of carbonyl (C=O) groups is 1. The molecule has 3 aromatic rings. The van der Waals surface area contributed by atoms with Crippen LogP contribution in [-0.4, -0.2) is 41.9 Å². The van der Waals surface area contributed by atoms with Crippen LogP contribution in [0.2, 0.25) is 0 Å². The van der Waals surface area contributed by atoms with Gasteiger partial charge < -0.3 is 24.3 Å². The van der Waals surface area contributed by atoms with Crippen molar-refractivity contribution in [3.8, 4) is 17.6 Å². The van der Waals surface area contributed by atoms with Gasteiger partial charge in [-0.2, -0.15) is 5.26 Å². The molecule has 0 aliphatic heterocycles. The van der Waals surface area contributed by atoms with Crippen LogP contribution in [0.25, 0.3) is 16.6 Å². The van der Waals surface area contributed by atoms with Crippen molar-refractivity contribution < 1.29 is 24.1 Å². The number of methoxy groups -OCH3 is 2. The topological polar surface area (TPSA) is 117 Å². The molecular weight excluding hydrogens is 362 g/mol. The number of nitrogens with zero attached hydrogens (tertiary/aromatic N) is 2. The summed E-state index contributed by atoms with van der Waals surface area (Å²) < 4.78 is 15.4. The molecule has 28 heavy (non-hydrogen) atoms. The van der Waals surface area contributed by atoms with Crippen molar-refractivity contribution in [3.63, 3.8) is 0 Å². The molecule has 2 aromatic carbocycles. The number of aromatic amines is 1. The number of fused-ring (bicyclic) bond motifs is 1. The molecule has 142 valence electrons. The summed E-state index contributed by atoms with van der Waals surface area (Å²) in [7, 11) is 2.94. The van der Waals surface area contributed by atoms with E-state index in [0.717, 1.165) is 5.52 Å². The average molecular weight is 379 g/mol. The Kier molecular flexibility index (Phi) is 5.46. The summed E-state index contributed by atoms with van der Waals surface area (Å²) in [6.07, 6.45) is 0. The predicted molar refractivity (Wildman–Crippen MR) is 101 cm³/mol. The molecule has 0 amide bonds. The molecule has 8 nitrogen and oxygen atoms in total. The van der Waals surface area contributed by atoms with Crippen LogP contribution in [0.5, 0.6) is 11.5 Å². The number of aliphatic hydroxyl groups excluding tert-OH is 1. The summed E-state index contributed by atoms with van der Waals surface area (Å²) in [5.41, 5.74) is 1.49. The minimum Gasteiger partial charge on any atom is -0.507 e. The van der Waals surface area contributed by atoms with Gasteiger partial charge in [0, 0.05) is 0 Å². The molecule has 3 rings (SSSR count). The van der Waals surface area contributed by atoms with Crippen LogP contribution >= 0.6 is 0 Å². The lowest BCUT2D eigenvalue weighted by Crippen LogP contribution is -2.09. The largest absolute Gasteiger partial charge is 0.507 e. The maximum atomic E-state index is 12.2. The molecule has 0 aliphatic rings. The van der Waals surface area contributed by atoms with Gasteiger partial charge in [-0.1, -0.05) is 12.1 Å². The third-order valence-corrected chi connectivity index (χ3v) is 3.99. The average Bonchev–Trinajstić information content (AvgIpc) is 3.15. The maximum Gasteiger partial charge on any atom is 0.338 e. The quantitative estimate of drug-likeness (QED) is 0.383. The Bertz CT molecular complexity index is 1060. The van der Waals surface area contributed by atoms with Crippen LogP contribution in [0.1, 0.15) is 16.2 Å². The Balaban J connectivity index is 1.78. The molecule has 0 saturated heterocycles. The van der Waals surface area contributed by atoms with Gasteiger partial charge in [0.05, 0.1) is 30.8 Å². The fourth-order valence-electron chi connectivity index (χ4n) is 2.58. The fourth-order valence-corrected chi connectivity index (χ4v) is 2.58. The number of para-hydroxylation sites is 2. The number of allylic oxidation sites excluding steroid dienone is 1. The van der Waals surface area contributed by atoms with Crippen LogP contribution in [0.4, 0.5) is 0 Å². The molecule has 0 unspecified atom stereocenters. The minimum absolute atomic E-state index is 0.101. The molecular formula is C20H17N3O5. The highest BCUT2D eigenvalue weighted by atomic mass is 16.5. The zero-order chi connectivity index (χ0) is 20.1. The number of esters is 1. The summed E-state index contributed by atoms with van der Waals surface area (Å²) in [6.45, 7) is -0.479. The number of aromatic nitrogens is 2. The lowest BCUT2D eigenvalue weighted by Gasteiger charge is -2.09. The highest BCUT2D eigenvalue weighted by molar-refractivity contribution is 5.90. The van der Waals surface area contributed by atoms with Gasteiger partial charge in [0.25, 0.3) is 0 Å². The van der Waals surface area contributed by atoms with E-state index in [9.17, 15) is 15.2 Å². The normalized spacial score (nSPS) is 11.5. The van der Waals surface area contributed by atoms with E-state index in [-0.39, 0.29) is 17.0 Å². The van der Waals surface area contributed by atoms with Gasteiger partial charge in [0.15, 0.2) is 23.1 Å². The smallest absolute Gasteiger partial charge is 0.338 e. The Labute approximate surface area is 160 Å². The SMILES string of the molecule is COc1ccc(C(=O)OCC(O)=C(C#N)c2nc3ccccc3[nH]2)cc1OC. The van der Waals surface area contributed by atoms with Gasteiger partial charge in [-0.3, -0.25) is 0 Å². The monoisotopic (exact) mass is 379 g/mol. The number of nitrogens with one attached hydrogen (secondary N) is 1. The molecule has 1 heterocycles. The summed E-state index contributed by atoms with van der Waals surface area (Å²) in [6, 6.07) is 13.6. The molecule has 0 saturated carbocycles. The van der Waals surface area contributed by atoms with E-state index in [2.05, 4.69) is 9.97 Å². The van der Waals surface area contributed by atoms with Gasteiger partial charge in [0.2, 0.25) is 0 Å². The second-order valence-corrected chi connectivity index (χ2v) is 5.68. The molecule has 1 aromatic heterocycles. The van der Waals surface area contributed by atoms with Crippen molar-refractivity contribution in [1.29, 1.82) is 5.26 Å². The van der Waals surface area contributed by atoms with E-state index >= 15 is 0 Å². The minimum atomic E-state index is -0.686. The standard InChI is InChI=1S/C20H17N3O5/c1-26-17-8-7-12(9-18(17)27-2)20(25)28-11-16(24)13(10-21)19-22-14-5-3-4-6-15(14)23-19/h3-9,24H,11H2,1-2H3,(H,22,23). The zero-order valence-electron chi connectivity index (χ0n) is 15.2. The van der Waals surface area contributed by atoms with Crippen molar-refractivity contribution in [1.82, 2.24) is 9.97 Å². The van der Waals surface area contributed by atoms with Crippen LogP contribution in [0, 0.1) is 11.3 Å².